The molecule has 4 nitrogen and oxygen atoms in total. The summed E-state index contributed by atoms with van der Waals surface area (Å²) in [5.41, 5.74) is 0.118. The van der Waals surface area contributed by atoms with Crippen LogP contribution in [0.25, 0.3) is 0 Å². The summed E-state index contributed by atoms with van der Waals surface area (Å²) < 4.78 is 0. The van der Waals surface area contributed by atoms with Gasteiger partial charge in [-0.2, -0.15) is 0 Å². The largest absolute Gasteiger partial charge is 0.396 e. The zero-order valence-electron chi connectivity index (χ0n) is 8.55. The van der Waals surface area contributed by atoms with Crippen LogP contribution < -0.4 is 10.6 Å². The fourth-order valence-corrected chi connectivity index (χ4v) is 2.30. The van der Waals surface area contributed by atoms with E-state index in [1.807, 2.05) is 0 Å². The van der Waals surface area contributed by atoms with Crippen LogP contribution in [0.5, 0.6) is 0 Å². The fourth-order valence-electron chi connectivity index (χ4n) is 2.30. The van der Waals surface area contributed by atoms with Crippen LogP contribution in [0.3, 0.4) is 0 Å². The van der Waals surface area contributed by atoms with E-state index in [-0.39, 0.29) is 5.41 Å². The van der Waals surface area contributed by atoms with Crippen LogP contribution >= 0.6 is 0 Å². The molecule has 0 radical (unpaired) electrons. The summed E-state index contributed by atoms with van der Waals surface area (Å²) in [7, 11) is 0. The van der Waals surface area contributed by atoms with Crippen molar-refractivity contribution in [1.82, 2.24) is 10.6 Å². The fraction of sp³-hybridized carbons (Fsp3) is 0.900. The van der Waals surface area contributed by atoms with Gasteiger partial charge in [0.15, 0.2) is 5.96 Å². The Morgan fingerprint density at radius 2 is 2.21 bits per heavy atom. The van der Waals surface area contributed by atoms with Crippen molar-refractivity contribution in [3.63, 3.8) is 0 Å². The van der Waals surface area contributed by atoms with Crippen molar-refractivity contribution in [2.45, 2.75) is 25.7 Å². The van der Waals surface area contributed by atoms with E-state index in [0.717, 1.165) is 38.4 Å². The summed E-state index contributed by atoms with van der Waals surface area (Å²) in [6.45, 7) is 2.96. The Balaban J connectivity index is 1.82. The summed E-state index contributed by atoms with van der Waals surface area (Å²) in [6.07, 6.45) is 4.79. The number of aliphatic hydroxyl groups excluding tert-OH is 1. The summed E-state index contributed by atoms with van der Waals surface area (Å²) in [6, 6.07) is 0. The molecule has 0 saturated heterocycles. The molecule has 0 aromatic heterocycles. The van der Waals surface area contributed by atoms with Gasteiger partial charge >= 0.3 is 0 Å². The molecule has 1 aliphatic heterocycles. The van der Waals surface area contributed by atoms with Gasteiger partial charge in [0, 0.05) is 18.5 Å². The van der Waals surface area contributed by atoms with Gasteiger partial charge in [0.2, 0.25) is 0 Å². The number of nitrogens with zero attached hydrogens (tertiary/aromatic N) is 1. The maximum absolute atomic E-state index is 9.39. The van der Waals surface area contributed by atoms with Gasteiger partial charge in [-0.3, -0.25) is 4.99 Å². The third-order valence-electron chi connectivity index (χ3n) is 3.30. The van der Waals surface area contributed by atoms with E-state index in [1.165, 1.54) is 12.8 Å². The highest BCUT2D eigenvalue weighted by Gasteiger charge is 2.33. The normalized spacial score (nSPS) is 24.5. The Bertz CT molecular complexity index is 221. The predicted octanol–water partition coefficient (Wildman–Crippen LogP) is 0.0879. The van der Waals surface area contributed by atoms with Gasteiger partial charge in [-0.05, 0) is 12.8 Å². The van der Waals surface area contributed by atoms with Gasteiger partial charge in [0.25, 0.3) is 0 Å². The Hall–Kier alpha value is -0.770. The number of aliphatic hydroxyl groups is 1. The molecule has 1 saturated carbocycles. The molecule has 2 rings (SSSR count). The van der Waals surface area contributed by atoms with E-state index in [4.69, 9.17) is 0 Å². The van der Waals surface area contributed by atoms with Crippen LogP contribution in [-0.2, 0) is 0 Å². The topological polar surface area (TPSA) is 56.6 Å². The second-order valence-electron chi connectivity index (χ2n) is 4.38. The minimum atomic E-state index is 0.118. The van der Waals surface area contributed by atoms with Crippen molar-refractivity contribution in [1.29, 1.82) is 0 Å². The Morgan fingerprint density at radius 3 is 2.79 bits per heavy atom. The van der Waals surface area contributed by atoms with E-state index in [1.54, 1.807) is 0 Å². The first-order valence-corrected chi connectivity index (χ1v) is 5.48. The maximum atomic E-state index is 9.39. The summed E-state index contributed by atoms with van der Waals surface area (Å²) in [5, 5.41) is 15.9. The van der Waals surface area contributed by atoms with Crippen molar-refractivity contribution < 1.29 is 5.11 Å². The van der Waals surface area contributed by atoms with Crippen molar-refractivity contribution >= 4 is 5.96 Å². The molecule has 1 fully saturated rings. The quantitative estimate of drug-likeness (QED) is 0.601. The molecule has 1 aliphatic carbocycles. The van der Waals surface area contributed by atoms with Gasteiger partial charge in [-0.25, -0.2) is 0 Å². The van der Waals surface area contributed by atoms with Crippen molar-refractivity contribution in [2.24, 2.45) is 10.4 Å². The molecule has 0 spiro atoms. The average molecular weight is 197 g/mol. The van der Waals surface area contributed by atoms with Crippen LogP contribution in [0.15, 0.2) is 4.99 Å². The van der Waals surface area contributed by atoms with Crippen LogP contribution in [0.4, 0.5) is 0 Å². The van der Waals surface area contributed by atoms with E-state index in [0.29, 0.717) is 6.61 Å². The van der Waals surface area contributed by atoms with Gasteiger partial charge in [-0.1, -0.05) is 12.8 Å². The lowest BCUT2D eigenvalue weighted by Crippen LogP contribution is -2.42. The number of guanidine groups is 1. The second kappa shape index (κ2) is 4.17. The molecule has 3 N–H and O–H groups in total. The molecule has 0 atom stereocenters. The van der Waals surface area contributed by atoms with Crippen molar-refractivity contribution in [3.8, 4) is 0 Å². The average Bonchev–Trinajstić information content (AvgIpc) is 2.87. The standard InChI is InChI=1S/C10H19N3O/c14-8-10(3-1-2-4-10)7-13-9-11-5-6-12-9/h14H,1-8H2,(H2,11,12,13). The minimum Gasteiger partial charge on any atom is -0.396 e. The highest BCUT2D eigenvalue weighted by atomic mass is 16.3. The molecule has 0 aromatic carbocycles. The molecule has 0 bridgehead atoms. The van der Waals surface area contributed by atoms with Gasteiger partial charge in [-0.15, -0.1) is 0 Å². The molecule has 0 aromatic rings. The molecule has 0 amide bonds. The smallest absolute Gasteiger partial charge is 0.191 e. The second-order valence-corrected chi connectivity index (χ2v) is 4.38. The number of rotatable bonds is 3. The molecule has 14 heavy (non-hydrogen) atoms. The Labute approximate surface area is 84.8 Å². The third kappa shape index (κ3) is 2.00. The number of nitrogens with one attached hydrogen (secondary N) is 2. The SMILES string of the molecule is OCC1(CNC2=NCCN2)CCCC1. The molecule has 0 unspecified atom stereocenters. The number of hydrogen-bond donors (Lipinski definition) is 3. The molecule has 4 heteroatoms. The number of aliphatic imine (C=N–C) groups is 1. The zero-order chi connectivity index (χ0) is 9.86. The van der Waals surface area contributed by atoms with Gasteiger partial charge < -0.3 is 15.7 Å². The molecule has 2 aliphatic rings. The monoisotopic (exact) mass is 197 g/mol. The van der Waals surface area contributed by atoms with Crippen LogP contribution in [0, 0.1) is 5.41 Å². The van der Waals surface area contributed by atoms with Crippen molar-refractivity contribution in [3.05, 3.63) is 0 Å². The maximum Gasteiger partial charge on any atom is 0.191 e. The first kappa shape index (κ1) is 9.77. The summed E-state index contributed by atoms with van der Waals surface area (Å²) in [4.78, 5) is 4.27. The lowest BCUT2D eigenvalue weighted by atomic mass is 9.87. The van der Waals surface area contributed by atoms with Crippen molar-refractivity contribution in [2.75, 3.05) is 26.2 Å². The van der Waals surface area contributed by atoms with E-state index < -0.39 is 0 Å². The predicted molar refractivity (Wildman–Crippen MR) is 56.3 cm³/mol. The summed E-state index contributed by atoms with van der Waals surface area (Å²) >= 11 is 0. The summed E-state index contributed by atoms with van der Waals surface area (Å²) in [5.74, 6) is 0.907. The van der Waals surface area contributed by atoms with Crippen LogP contribution in [0.2, 0.25) is 0 Å². The van der Waals surface area contributed by atoms with E-state index in [2.05, 4.69) is 15.6 Å². The minimum absolute atomic E-state index is 0.118. The third-order valence-corrected chi connectivity index (χ3v) is 3.30. The highest BCUT2D eigenvalue weighted by Crippen LogP contribution is 2.36. The molecule has 80 valence electrons. The molecule has 1 heterocycles. The van der Waals surface area contributed by atoms with E-state index in [9.17, 15) is 5.11 Å². The zero-order valence-corrected chi connectivity index (χ0v) is 8.55. The first-order chi connectivity index (χ1) is 6.85. The van der Waals surface area contributed by atoms with E-state index >= 15 is 0 Å². The number of hydrogen-bond acceptors (Lipinski definition) is 4. The Kier molecular flexibility index (Phi) is 2.91. The lowest BCUT2D eigenvalue weighted by molar-refractivity contribution is 0.133. The highest BCUT2D eigenvalue weighted by molar-refractivity contribution is 5.81. The Morgan fingerprint density at radius 1 is 1.43 bits per heavy atom. The lowest BCUT2D eigenvalue weighted by Gasteiger charge is -2.26. The van der Waals surface area contributed by atoms with Crippen LogP contribution in [-0.4, -0.2) is 37.3 Å². The van der Waals surface area contributed by atoms with Gasteiger partial charge in [0.1, 0.15) is 0 Å². The molecular formula is C10H19N3O. The van der Waals surface area contributed by atoms with Gasteiger partial charge in [0.05, 0.1) is 13.2 Å². The molecular weight excluding hydrogens is 178 g/mol. The first-order valence-electron chi connectivity index (χ1n) is 5.48. The van der Waals surface area contributed by atoms with Crippen LogP contribution in [0.1, 0.15) is 25.7 Å².